The minimum atomic E-state index is -4.82. The van der Waals surface area contributed by atoms with Crippen molar-refractivity contribution in [3.05, 3.63) is 92.9 Å². The molecule has 0 aromatic heterocycles. The van der Waals surface area contributed by atoms with E-state index in [0.29, 0.717) is 28.5 Å². The van der Waals surface area contributed by atoms with Crippen LogP contribution in [0, 0.1) is 5.92 Å². The highest BCUT2D eigenvalue weighted by molar-refractivity contribution is 7.92. The van der Waals surface area contributed by atoms with Gasteiger partial charge < -0.3 is 10.2 Å². The average Bonchev–Trinajstić information content (AvgIpc) is 2.94. The second-order valence-electron chi connectivity index (χ2n) is 10.1. The molecule has 0 heterocycles. The second-order valence-corrected chi connectivity index (χ2v) is 13.2. The molecule has 0 radical (unpaired) electrons. The zero-order valence-electron chi connectivity index (χ0n) is 23.3. The summed E-state index contributed by atoms with van der Waals surface area (Å²) in [5.41, 5.74) is -1.25. The van der Waals surface area contributed by atoms with Gasteiger partial charge in [0.1, 0.15) is 12.6 Å². The lowest BCUT2D eigenvalue weighted by Gasteiger charge is -2.32. The van der Waals surface area contributed by atoms with Crippen molar-refractivity contribution in [3.63, 3.8) is 0 Å². The molecule has 1 unspecified atom stereocenters. The minimum absolute atomic E-state index is 0.102. The molecule has 0 aliphatic heterocycles. The number of rotatable bonds is 11. The Balaban J connectivity index is 2.12. The maximum absolute atomic E-state index is 14.0. The van der Waals surface area contributed by atoms with Crippen LogP contribution < -0.4 is 9.62 Å². The molecule has 2 amide bonds. The van der Waals surface area contributed by atoms with E-state index < -0.39 is 51.9 Å². The highest BCUT2D eigenvalue weighted by Crippen LogP contribution is 2.37. The Bertz CT molecular complexity index is 1570. The number of sulfonamides is 1. The summed E-state index contributed by atoms with van der Waals surface area (Å²) in [6.07, 6.45) is -4.82. The molecular formula is C29H29Cl3F3N3O4S. The van der Waals surface area contributed by atoms with Crippen LogP contribution >= 0.6 is 34.8 Å². The Morgan fingerprint density at radius 2 is 1.51 bits per heavy atom. The summed E-state index contributed by atoms with van der Waals surface area (Å²) >= 11 is 18.4. The number of benzene rings is 3. The monoisotopic (exact) mass is 677 g/mol. The number of carbonyl (C=O) groups excluding carboxylic acids is 2. The van der Waals surface area contributed by atoms with Gasteiger partial charge in [-0.05, 0) is 60.9 Å². The van der Waals surface area contributed by atoms with Crippen molar-refractivity contribution in [2.24, 2.45) is 5.92 Å². The van der Waals surface area contributed by atoms with Crippen LogP contribution in [0.4, 0.5) is 18.9 Å². The first-order valence-corrected chi connectivity index (χ1v) is 15.6. The lowest BCUT2D eigenvalue weighted by atomic mass is 10.1. The summed E-state index contributed by atoms with van der Waals surface area (Å²) in [4.78, 5) is 27.8. The van der Waals surface area contributed by atoms with Gasteiger partial charge in [0.15, 0.2) is 0 Å². The molecule has 0 saturated carbocycles. The van der Waals surface area contributed by atoms with Gasteiger partial charge in [-0.15, -0.1) is 0 Å². The summed E-state index contributed by atoms with van der Waals surface area (Å²) in [5, 5.41) is 2.85. The molecule has 0 bridgehead atoms. The number of nitrogens with zero attached hydrogens (tertiary/aromatic N) is 2. The summed E-state index contributed by atoms with van der Waals surface area (Å²) in [6, 6.07) is 12.5. The number of anilines is 1. The first kappa shape index (κ1) is 34.5. The van der Waals surface area contributed by atoms with E-state index in [9.17, 15) is 31.2 Å². The zero-order chi connectivity index (χ0) is 32.1. The molecule has 3 rings (SSSR count). The first-order chi connectivity index (χ1) is 20.0. The van der Waals surface area contributed by atoms with Crippen molar-refractivity contribution >= 4 is 62.3 Å². The van der Waals surface area contributed by atoms with E-state index in [4.69, 9.17) is 34.8 Å². The standard InChI is InChI=1S/C29H29Cl3F3N3O4S/c1-18(2)15-36-28(40)19(3)37(16-20-9-11-23(30)25(32)13-20)27(39)17-38(43(41,42)22-7-5-4-6-8-22)26-14-21(29(33,34)35)10-12-24(26)31/h4-14,18-19H,15-17H2,1-3H3,(H,36,40). The molecule has 1 N–H and O–H groups in total. The number of hydrogen-bond donors (Lipinski definition) is 1. The van der Waals surface area contributed by atoms with Crippen LogP contribution in [0.25, 0.3) is 0 Å². The lowest BCUT2D eigenvalue weighted by Crippen LogP contribution is -2.51. The fourth-order valence-electron chi connectivity index (χ4n) is 3.98. The number of hydrogen-bond acceptors (Lipinski definition) is 4. The van der Waals surface area contributed by atoms with Crippen LogP contribution in [0.1, 0.15) is 31.9 Å². The van der Waals surface area contributed by atoms with E-state index in [1.165, 1.54) is 43.3 Å². The van der Waals surface area contributed by atoms with Crippen LogP contribution in [-0.4, -0.2) is 44.3 Å². The third-order valence-electron chi connectivity index (χ3n) is 6.34. The average molecular weight is 679 g/mol. The van der Waals surface area contributed by atoms with Gasteiger partial charge in [0.05, 0.1) is 31.2 Å². The number of halogens is 6. The maximum atomic E-state index is 14.0. The number of nitrogens with one attached hydrogen (secondary N) is 1. The van der Waals surface area contributed by atoms with Gasteiger partial charge in [0.2, 0.25) is 11.8 Å². The maximum Gasteiger partial charge on any atom is 0.416 e. The molecule has 0 fully saturated rings. The SMILES string of the molecule is CC(C)CNC(=O)C(C)N(Cc1ccc(Cl)c(Cl)c1)C(=O)CN(c1cc(C(F)(F)F)ccc1Cl)S(=O)(=O)c1ccccc1. The van der Waals surface area contributed by atoms with Crippen LogP contribution in [0.15, 0.2) is 71.6 Å². The van der Waals surface area contributed by atoms with Gasteiger partial charge in [0, 0.05) is 13.1 Å². The van der Waals surface area contributed by atoms with Gasteiger partial charge in [-0.25, -0.2) is 8.42 Å². The van der Waals surface area contributed by atoms with Crippen LogP contribution in [0.3, 0.4) is 0 Å². The molecule has 43 heavy (non-hydrogen) atoms. The van der Waals surface area contributed by atoms with Crippen molar-refractivity contribution in [2.75, 3.05) is 17.4 Å². The second kappa shape index (κ2) is 14.2. The topological polar surface area (TPSA) is 86.8 Å². The first-order valence-electron chi connectivity index (χ1n) is 13.0. The van der Waals surface area contributed by atoms with Crippen LogP contribution in [0.2, 0.25) is 15.1 Å². The minimum Gasteiger partial charge on any atom is -0.354 e. The molecule has 7 nitrogen and oxygen atoms in total. The van der Waals surface area contributed by atoms with Gasteiger partial charge in [-0.2, -0.15) is 13.2 Å². The van der Waals surface area contributed by atoms with Crippen molar-refractivity contribution < 1.29 is 31.2 Å². The zero-order valence-corrected chi connectivity index (χ0v) is 26.4. The molecule has 0 aliphatic rings. The third kappa shape index (κ3) is 8.78. The van der Waals surface area contributed by atoms with Gasteiger partial charge in [0.25, 0.3) is 10.0 Å². The van der Waals surface area contributed by atoms with Crippen LogP contribution in [0.5, 0.6) is 0 Å². The predicted molar refractivity (Wildman–Crippen MR) is 162 cm³/mol. The van der Waals surface area contributed by atoms with E-state index in [0.717, 1.165) is 11.0 Å². The summed E-state index contributed by atoms with van der Waals surface area (Å²) in [6.45, 7) is 4.37. The van der Waals surface area contributed by atoms with Crippen molar-refractivity contribution in [1.82, 2.24) is 10.2 Å². The van der Waals surface area contributed by atoms with Crippen molar-refractivity contribution in [2.45, 2.75) is 44.4 Å². The van der Waals surface area contributed by atoms with E-state index in [2.05, 4.69) is 5.32 Å². The fraction of sp³-hybridized carbons (Fsp3) is 0.310. The van der Waals surface area contributed by atoms with Gasteiger partial charge >= 0.3 is 6.18 Å². The molecule has 14 heteroatoms. The molecule has 0 aliphatic carbocycles. The highest BCUT2D eigenvalue weighted by Gasteiger charge is 2.36. The molecule has 0 spiro atoms. The van der Waals surface area contributed by atoms with E-state index >= 15 is 0 Å². The van der Waals surface area contributed by atoms with Crippen molar-refractivity contribution in [3.8, 4) is 0 Å². The van der Waals surface area contributed by atoms with E-state index in [1.54, 1.807) is 12.1 Å². The molecular weight excluding hydrogens is 650 g/mol. The number of carbonyl (C=O) groups is 2. The van der Waals surface area contributed by atoms with Gasteiger partial charge in [-0.3, -0.25) is 13.9 Å². The fourth-order valence-corrected chi connectivity index (χ4v) is 6.02. The summed E-state index contributed by atoms with van der Waals surface area (Å²) in [5.74, 6) is -1.30. The molecule has 232 valence electrons. The smallest absolute Gasteiger partial charge is 0.354 e. The Hall–Kier alpha value is -2.99. The van der Waals surface area contributed by atoms with Crippen molar-refractivity contribution in [1.29, 1.82) is 0 Å². The number of alkyl halides is 3. The van der Waals surface area contributed by atoms with Gasteiger partial charge in [-0.1, -0.05) is 72.9 Å². The Labute approximate surface area is 263 Å². The van der Waals surface area contributed by atoms with E-state index in [-0.39, 0.29) is 32.4 Å². The third-order valence-corrected chi connectivity index (χ3v) is 9.17. The molecule has 3 aromatic rings. The number of amides is 2. The highest BCUT2D eigenvalue weighted by atomic mass is 35.5. The Morgan fingerprint density at radius 1 is 0.884 bits per heavy atom. The van der Waals surface area contributed by atoms with Crippen LogP contribution in [-0.2, 0) is 32.3 Å². The summed E-state index contributed by atoms with van der Waals surface area (Å²) < 4.78 is 69.1. The van der Waals surface area contributed by atoms with E-state index in [1.807, 2.05) is 13.8 Å². The molecule has 0 saturated heterocycles. The Kier molecular flexibility index (Phi) is 11.4. The summed E-state index contributed by atoms with van der Waals surface area (Å²) in [7, 11) is -4.63. The normalized spacial score (nSPS) is 12.6. The predicted octanol–water partition coefficient (Wildman–Crippen LogP) is 7.05. The molecule has 1 atom stereocenters. The Morgan fingerprint density at radius 3 is 2.09 bits per heavy atom. The quantitative estimate of drug-likeness (QED) is 0.236. The lowest BCUT2D eigenvalue weighted by molar-refractivity contribution is -0.139. The largest absolute Gasteiger partial charge is 0.416 e. The molecule has 3 aromatic carbocycles.